The number of halogens is 1. The van der Waals surface area contributed by atoms with Crippen molar-refractivity contribution < 1.29 is 47.3 Å². The van der Waals surface area contributed by atoms with Crippen molar-refractivity contribution in [3.63, 3.8) is 0 Å². The van der Waals surface area contributed by atoms with Crippen LogP contribution >= 0.6 is 15.9 Å². The Kier molecular flexibility index (Phi) is 8.75. The van der Waals surface area contributed by atoms with Crippen molar-refractivity contribution in [2.45, 2.75) is 24.7 Å². The standard InChI is InChI=1S/C11H15BrO4S.Na/c1-9-8-10(17(13,14)15)4-5-11(9)16-7-3-2-6-12;/h4-5,8H,2-3,6-7H2,1H3,(H,13,14,15);/q;+1/p-1. The molecule has 0 saturated heterocycles. The van der Waals surface area contributed by atoms with Crippen LogP contribution in [0.2, 0.25) is 0 Å². The van der Waals surface area contributed by atoms with E-state index in [9.17, 15) is 13.0 Å². The number of aryl methyl sites for hydroxylation is 1. The molecule has 0 spiro atoms. The topological polar surface area (TPSA) is 66.4 Å². The molecule has 0 aliphatic rings. The Hall–Kier alpha value is 0.410. The first kappa shape index (κ1) is 18.4. The monoisotopic (exact) mass is 344 g/mol. The second-order valence-electron chi connectivity index (χ2n) is 3.63. The summed E-state index contributed by atoms with van der Waals surface area (Å²) in [6, 6.07) is 4.13. The van der Waals surface area contributed by atoms with Crippen LogP contribution in [0.3, 0.4) is 0 Å². The number of hydrogen-bond donors (Lipinski definition) is 0. The van der Waals surface area contributed by atoms with Crippen LogP contribution in [0.1, 0.15) is 18.4 Å². The molecule has 0 aliphatic heterocycles. The second-order valence-corrected chi connectivity index (χ2v) is 5.80. The van der Waals surface area contributed by atoms with Crippen molar-refractivity contribution in [2.75, 3.05) is 11.9 Å². The molecule has 0 heterocycles. The molecule has 4 nitrogen and oxygen atoms in total. The summed E-state index contributed by atoms with van der Waals surface area (Å²) in [6.07, 6.45) is 1.94. The SMILES string of the molecule is Cc1cc(S(=O)(=O)[O-])ccc1OCCCCBr.[Na+]. The fourth-order valence-corrected chi connectivity index (χ4v) is 2.27. The molecule has 0 saturated carbocycles. The number of rotatable bonds is 6. The van der Waals surface area contributed by atoms with Crippen molar-refractivity contribution >= 4 is 26.0 Å². The fraction of sp³-hybridized carbons (Fsp3) is 0.455. The molecular formula is C11H14BrNaO4S. The molecule has 18 heavy (non-hydrogen) atoms. The number of hydrogen-bond acceptors (Lipinski definition) is 4. The predicted molar refractivity (Wildman–Crippen MR) is 67.7 cm³/mol. The molecular weight excluding hydrogens is 331 g/mol. The minimum absolute atomic E-state index is 0. The van der Waals surface area contributed by atoms with E-state index >= 15 is 0 Å². The van der Waals surface area contributed by atoms with Gasteiger partial charge in [0, 0.05) is 5.33 Å². The molecule has 0 unspecified atom stereocenters. The Morgan fingerprint density at radius 3 is 2.50 bits per heavy atom. The van der Waals surface area contributed by atoms with Crippen LogP contribution in [0.5, 0.6) is 5.75 Å². The summed E-state index contributed by atoms with van der Waals surface area (Å²) in [5.74, 6) is 0.618. The van der Waals surface area contributed by atoms with Crippen LogP contribution in [0.4, 0.5) is 0 Å². The minimum Gasteiger partial charge on any atom is -0.744 e. The van der Waals surface area contributed by atoms with Crippen LogP contribution in [-0.2, 0) is 10.1 Å². The third-order valence-electron chi connectivity index (χ3n) is 2.22. The van der Waals surface area contributed by atoms with E-state index in [0.29, 0.717) is 17.9 Å². The van der Waals surface area contributed by atoms with Gasteiger partial charge in [0.25, 0.3) is 0 Å². The van der Waals surface area contributed by atoms with Crippen LogP contribution < -0.4 is 34.3 Å². The van der Waals surface area contributed by atoms with Crippen LogP contribution in [0.15, 0.2) is 23.1 Å². The van der Waals surface area contributed by atoms with Gasteiger partial charge >= 0.3 is 29.6 Å². The van der Waals surface area contributed by atoms with E-state index in [1.807, 2.05) is 0 Å². The molecule has 0 aliphatic carbocycles. The largest absolute Gasteiger partial charge is 1.00 e. The summed E-state index contributed by atoms with van der Waals surface area (Å²) in [5.41, 5.74) is 0.653. The maximum Gasteiger partial charge on any atom is 1.00 e. The van der Waals surface area contributed by atoms with E-state index in [0.717, 1.165) is 18.2 Å². The number of benzene rings is 1. The molecule has 0 bridgehead atoms. The average Bonchev–Trinajstić information content (AvgIpc) is 2.24. The Balaban J connectivity index is 0.00000289. The molecule has 1 aromatic carbocycles. The Labute approximate surface area is 138 Å². The zero-order valence-electron chi connectivity index (χ0n) is 10.5. The summed E-state index contributed by atoms with van der Waals surface area (Å²) >= 11 is 3.32. The van der Waals surface area contributed by atoms with Crippen molar-refractivity contribution in [1.29, 1.82) is 0 Å². The van der Waals surface area contributed by atoms with Crippen molar-refractivity contribution in [3.8, 4) is 5.75 Å². The Morgan fingerprint density at radius 1 is 1.33 bits per heavy atom. The van der Waals surface area contributed by atoms with Gasteiger partial charge in [-0.15, -0.1) is 0 Å². The zero-order valence-corrected chi connectivity index (χ0v) is 14.9. The van der Waals surface area contributed by atoms with Crippen LogP contribution in [0.25, 0.3) is 0 Å². The van der Waals surface area contributed by atoms with E-state index in [1.54, 1.807) is 6.92 Å². The van der Waals surface area contributed by atoms with Gasteiger partial charge in [-0.1, -0.05) is 15.9 Å². The van der Waals surface area contributed by atoms with Crippen molar-refractivity contribution in [1.82, 2.24) is 0 Å². The molecule has 0 aromatic heterocycles. The molecule has 0 atom stereocenters. The van der Waals surface area contributed by atoms with Gasteiger partial charge in [-0.3, -0.25) is 0 Å². The van der Waals surface area contributed by atoms with Gasteiger partial charge in [-0.2, -0.15) is 0 Å². The molecule has 7 heteroatoms. The van der Waals surface area contributed by atoms with Crippen LogP contribution in [0, 0.1) is 6.92 Å². The first-order valence-corrected chi connectivity index (χ1v) is 7.73. The van der Waals surface area contributed by atoms with E-state index in [1.165, 1.54) is 18.2 Å². The van der Waals surface area contributed by atoms with Gasteiger partial charge in [-0.25, -0.2) is 8.42 Å². The third kappa shape index (κ3) is 6.04. The van der Waals surface area contributed by atoms with Crippen molar-refractivity contribution in [2.24, 2.45) is 0 Å². The molecule has 0 radical (unpaired) electrons. The normalized spacial score (nSPS) is 10.8. The van der Waals surface area contributed by atoms with Gasteiger partial charge in [0.05, 0.1) is 11.5 Å². The maximum atomic E-state index is 10.8. The average molecular weight is 345 g/mol. The van der Waals surface area contributed by atoms with Crippen LogP contribution in [-0.4, -0.2) is 24.9 Å². The molecule has 0 fully saturated rings. The predicted octanol–water partition coefficient (Wildman–Crippen LogP) is -0.543. The summed E-state index contributed by atoms with van der Waals surface area (Å²) < 4.78 is 37.9. The smallest absolute Gasteiger partial charge is 0.744 e. The molecule has 96 valence electrons. The van der Waals surface area contributed by atoms with E-state index in [4.69, 9.17) is 4.74 Å². The van der Waals surface area contributed by atoms with Gasteiger partial charge < -0.3 is 9.29 Å². The first-order chi connectivity index (χ1) is 7.95. The third-order valence-corrected chi connectivity index (χ3v) is 3.61. The van der Waals surface area contributed by atoms with Crippen molar-refractivity contribution in [3.05, 3.63) is 23.8 Å². The number of unbranched alkanes of at least 4 members (excludes halogenated alkanes) is 1. The van der Waals surface area contributed by atoms with Gasteiger partial charge in [0.1, 0.15) is 15.9 Å². The molecule has 0 N–H and O–H groups in total. The zero-order chi connectivity index (χ0) is 12.9. The summed E-state index contributed by atoms with van der Waals surface area (Å²) in [5, 5.41) is 0.933. The number of alkyl halides is 1. The quantitative estimate of drug-likeness (QED) is 0.301. The summed E-state index contributed by atoms with van der Waals surface area (Å²) in [4.78, 5) is -0.220. The van der Waals surface area contributed by atoms with Gasteiger partial charge in [-0.05, 0) is 43.5 Å². The van der Waals surface area contributed by atoms with E-state index < -0.39 is 10.1 Å². The Morgan fingerprint density at radius 2 is 2.00 bits per heavy atom. The summed E-state index contributed by atoms with van der Waals surface area (Å²) in [6.45, 7) is 2.30. The van der Waals surface area contributed by atoms with E-state index in [-0.39, 0.29) is 34.5 Å². The minimum atomic E-state index is -4.38. The molecule has 1 aromatic rings. The molecule has 0 amide bonds. The molecule has 1 rings (SSSR count). The Bertz CT molecular complexity index is 476. The van der Waals surface area contributed by atoms with Gasteiger partial charge in [0.2, 0.25) is 0 Å². The summed E-state index contributed by atoms with van der Waals surface area (Å²) in [7, 11) is -4.38. The number of ether oxygens (including phenoxy) is 1. The second kappa shape index (κ2) is 8.55. The first-order valence-electron chi connectivity index (χ1n) is 5.20. The van der Waals surface area contributed by atoms with E-state index in [2.05, 4.69) is 15.9 Å². The van der Waals surface area contributed by atoms with Gasteiger partial charge in [0.15, 0.2) is 0 Å². The fourth-order valence-electron chi connectivity index (χ4n) is 1.32. The maximum absolute atomic E-state index is 10.8.